The summed E-state index contributed by atoms with van der Waals surface area (Å²) >= 11 is 0. The predicted molar refractivity (Wildman–Crippen MR) is 107 cm³/mol. The van der Waals surface area contributed by atoms with Gasteiger partial charge < -0.3 is 10.5 Å². The van der Waals surface area contributed by atoms with Crippen LogP contribution in [0.4, 0.5) is 4.39 Å². The van der Waals surface area contributed by atoms with Gasteiger partial charge in [0.15, 0.2) is 0 Å². The molecule has 0 bridgehead atoms. The molecule has 1 unspecified atom stereocenters. The molecular formula is C22H26FN3O2. The van der Waals surface area contributed by atoms with Crippen LogP contribution in [0.3, 0.4) is 0 Å². The standard InChI is InChI=1S/C22H26FN3O2/c1-21(2,3)20(27)26-22(14-9-15-24,16-10-5-4-6-11-16)28-19(25-26)17-12-7-8-13-18(17)23/h4-8,10-13H,9,14-15,24H2,1-3H3. The molecule has 2 aromatic carbocycles. The molecule has 0 fully saturated rings. The first-order valence-corrected chi connectivity index (χ1v) is 9.42. The maximum atomic E-state index is 14.4. The number of nitrogens with zero attached hydrogens (tertiary/aromatic N) is 2. The van der Waals surface area contributed by atoms with Gasteiger partial charge in [-0.3, -0.25) is 4.79 Å². The fourth-order valence-electron chi connectivity index (χ4n) is 3.19. The fraction of sp³-hybridized carbons (Fsp3) is 0.364. The molecule has 0 aliphatic carbocycles. The zero-order valence-corrected chi connectivity index (χ0v) is 16.5. The van der Waals surface area contributed by atoms with E-state index in [1.54, 1.807) is 18.2 Å². The van der Waals surface area contributed by atoms with E-state index in [0.29, 0.717) is 19.4 Å². The fourth-order valence-corrected chi connectivity index (χ4v) is 3.19. The van der Waals surface area contributed by atoms with Crippen molar-refractivity contribution in [2.24, 2.45) is 16.3 Å². The van der Waals surface area contributed by atoms with Crippen molar-refractivity contribution >= 4 is 11.8 Å². The zero-order chi connectivity index (χ0) is 20.4. The van der Waals surface area contributed by atoms with Crippen molar-refractivity contribution in [1.29, 1.82) is 0 Å². The second-order valence-corrected chi connectivity index (χ2v) is 7.90. The number of hydrazone groups is 1. The Morgan fingerprint density at radius 3 is 2.39 bits per heavy atom. The number of carbonyl (C=O) groups excluding carboxylic acids is 1. The van der Waals surface area contributed by atoms with Crippen LogP contribution in [0.25, 0.3) is 0 Å². The van der Waals surface area contributed by atoms with Gasteiger partial charge in [-0.1, -0.05) is 63.2 Å². The quantitative estimate of drug-likeness (QED) is 0.849. The van der Waals surface area contributed by atoms with Crippen molar-refractivity contribution in [3.8, 4) is 0 Å². The van der Waals surface area contributed by atoms with Gasteiger partial charge in [-0.05, 0) is 25.1 Å². The summed E-state index contributed by atoms with van der Waals surface area (Å²) in [4.78, 5) is 13.3. The van der Waals surface area contributed by atoms with E-state index in [-0.39, 0.29) is 17.4 Å². The van der Waals surface area contributed by atoms with Crippen molar-refractivity contribution in [3.05, 3.63) is 71.5 Å². The van der Waals surface area contributed by atoms with Gasteiger partial charge in [0.25, 0.3) is 5.91 Å². The van der Waals surface area contributed by atoms with E-state index < -0.39 is 17.0 Å². The summed E-state index contributed by atoms with van der Waals surface area (Å²) in [5, 5.41) is 5.84. The molecule has 0 saturated heterocycles. The van der Waals surface area contributed by atoms with Crippen LogP contribution >= 0.6 is 0 Å². The smallest absolute Gasteiger partial charge is 0.251 e. The lowest BCUT2D eigenvalue weighted by atomic mass is 9.91. The Morgan fingerprint density at radius 2 is 1.79 bits per heavy atom. The molecule has 0 aromatic heterocycles. The van der Waals surface area contributed by atoms with Crippen molar-refractivity contribution in [2.75, 3.05) is 6.54 Å². The van der Waals surface area contributed by atoms with Gasteiger partial charge in [-0.2, -0.15) is 5.01 Å². The minimum absolute atomic E-state index is 0.0941. The summed E-state index contributed by atoms with van der Waals surface area (Å²) < 4.78 is 20.7. The Bertz CT molecular complexity index is 877. The maximum Gasteiger partial charge on any atom is 0.251 e. The number of carbonyl (C=O) groups is 1. The molecule has 2 N–H and O–H groups in total. The molecule has 2 aromatic rings. The van der Waals surface area contributed by atoms with Gasteiger partial charge >= 0.3 is 0 Å². The van der Waals surface area contributed by atoms with E-state index >= 15 is 0 Å². The van der Waals surface area contributed by atoms with E-state index in [9.17, 15) is 9.18 Å². The summed E-state index contributed by atoms with van der Waals surface area (Å²) in [5.41, 5.74) is 4.90. The number of rotatable bonds is 5. The lowest BCUT2D eigenvalue weighted by Crippen LogP contribution is -2.49. The highest BCUT2D eigenvalue weighted by atomic mass is 19.1. The third-order valence-electron chi connectivity index (χ3n) is 4.68. The van der Waals surface area contributed by atoms with E-state index in [4.69, 9.17) is 10.5 Å². The van der Waals surface area contributed by atoms with Gasteiger partial charge in [-0.15, -0.1) is 5.10 Å². The minimum Gasteiger partial charge on any atom is -0.443 e. The Balaban J connectivity index is 2.16. The first-order valence-electron chi connectivity index (χ1n) is 9.42. The summed E-state index contributed by atoms with van der Waals surface area (Å²) in [6.07, 6.45) is 1.06. The van der Waals surface area contributed by atoms with Crippen LogP contribution in [0, 0.1) is 11.2 Å². The Hall–Kier alpha value is -2.73. The number of benzene rings is 2. The molecule has 5 nitrogen and oxygen atoms in total. The lowest BCUT2D eigenvalue weighted by Gasteiger charge is -2.38. The van der Waals surface area contributed by atoms with Crippen LogP contribution in [-0.4, -0.2) is 23.4 Å². The monoisotopic (exact) mass is 383 g/mol. The van der Waals surface area contributed by atoms with Crippen LogP contribution < -0.4 is 5.73 Å². The Kier molecular flexibility index (Phi) is 5.52. The molecule has 1 aliphatic rings. The van der Waals surface area contributed by atoms with E-state index in [1.165, 1.54) is 11.1 Å². The molecule has 6 heteroatoms. The number of amides is 1. The number of ether oxygens (including phenoxy) is 1. The number of nitrogens with two attached hydrogens (primary N) is 1. The largest absolute Gasteiger partial charge is 0.443 e. The topological polar surface area (TPSA) is 67.9 Å². The van der Waals surface area contributed by atoms with E-state index in [2.05, 4.69) is 5.10 Å². The molecule has 0 spiro atoms. The third-order valence-corrected chi connectivity index (χ3v) is 4.68. The summed E-state index contributed by atoms with van der Waals surface area (Å²) in [7, 11) is 0. The highest BCUT2D eigenvalue weighted by Crippen LogP contribution is 2.42. The van der Waals surface area contributed by atoms with Gasteiger partial charge in [0, 0.05) is 17.4 Å². The first kappa shape index (κ1) is 20.0. The summed E-state index contributed by atoms with van der Waals surface area (Å²) in [5.74, 6) is -0.566. The number of halogens is 1. The first-order chi connectivity index (χ1) is 13.3. The average Bonchev–Trinajstić information content (AvgIpc) is 3.06. The molecule has 1 heterocycles. The van der Waals surface area contributed by atoms with Gasteiger partial charge in [-0.25, -0.2) is 4.39 Å². The van der Waals surface area contributed by atoms with Crippen LogP contribution in [-0.2, 0) is 15.3 Å². The van der Waals surface area contributed by atoms with Gasteiger partial charge in [0.2, 0.25) is 11.6 Å². The predicted octanol–water partition coefficient (Wildman–Crippen LogP) is 3.98. The molecule has 1 aliphatic heterocycles. The van der Waals surface area contributed by atoms with Crippen molar-refractivity contribution in [3.63, 3.8) is 0 Å². The lowest BCUT2D eigenvalue weighted by molar-refractivity contribution is -0.161. The molecule has 1 atom stereocenters. The maximum absolute atomic E-state index is 14.4. The van der Waals surface area contributed by atoms with Gasteiger partial charge in [0.05, 0.1) is 5.56 Å². The van der Waals surface area contributed by atoms with Gasteiger partial charge in [0.1, 0.15) is 5.82 Å². The van der Waals surface area contributed by atoms with E-state index in [0.717, 1.165) is 5.56 Å². The molecule has 3 rings (SSSR count). The number of hydrogen-bond donors (Lipinski definition) is 1. The minimum atomic E-state index is -1.16. The van der Waals surface area contributed by atoms with Crippen molar-refractivity contribution in [2.45, 2.75) is 39.3 Å². The van der Waals surface area contributed by atoms with Crippen LogP contribution in [0.1, 0.15) is 44.7 Å². The van der Waals surface area contributed by atoms with E-state index in [1.807, 2.05) is 51.1 Å². The second-order valence-electron chi connectivity index (χ2n) is 7.90. The molecule has 148 valence electrons. The van der Waals surface area contributed by atoms with Crippen molar-refractivity contribution < 1.29 is 13.9 Å². The SMILES string of the molecule is CC(C)(C)C(=O)N1N=C(c2ccccc2F)OC1(CCCN)c1ccccc1. The molecule has 0 saturated carbocycles. The van der Waals surface area contributed by atoms with Crippen LogP contribution in [0.2, 0.25) is 0 Å². The average molecular weight is 383 g/mol. The summed E-state index contributed by atoms with van der Waals surface area (Å²) in [6, 6.07) is 15.7. The summed E-state index contributed by atoms with van der Waals surface area (Å²) in [6.45, 7) is 5.91. The van der Waals surface area contributed by atoms with Crippen molar-refractivity contribution in [1.82, 2.24) is 5.01 Å². The highest BCUT2D eigenvalue weighted by molar-refractivity contribution is 5.97. The van der Waals surface area contributed by atoms with Crippen LogP contribution in [0.15, 0.2) is 59.7 Å². The van der Waals surface area contributed by atoms with Crippen LogP contribution in [0.5, 0.6) is 0 Å². The Morgan fingerprint density at radius 1 is 1.14 bits per heavy atom. The second kappa shape index (κ2) is 7.72. The molecule has 1 amide bonds. The zero-order valence-electron chi connectivity index (χ0n) is 16.5. The molecular weight excluding hydrogens is 357 g/mol. The Labute approximate surface area is 165 Å². The number of hydrogen-bond acceptors (Lipinski definition) is 4. The normalized spacial score (nSPS) is 19.3. The highest BCUT2D eigenvalue weighted by Gasteiger charge is 2.51. The third kappa shape index (κ3) is 3.64. The molecule has 28 heavy (non-hydrogen) atoms. The molecule has 0 radical (unpaired) electrons.